The molecule has 1 aromatic carbocycles. The summed E-state index contributed by atoms with van der Waals surface area (Å²) < 4.78 is 11.8. The van der Waals surface area contributed by atoms with E-state index in [4.69, 9.17) is 20.2 Å². The van der Waals surface area contributed by atoms with Crippen LogP contribution in [0, 0.1) is 0 Å². The maximum atomic E-state index is 6.02. The van der Waals surface area contributed by atoms with Gasteiger partial charge in [-0.2, -0.15) is 0 Å². The highest BCUT2D eigenvalue weighted by Crippen LogP contribution is 2.40. The number of rotatable bonds is 5. The zero-order chi connectivity index (χ0) is 22.7. The molecule has 3 heterocycles. The second kappa shape index (κ2) is 9.48. The molecule has 0 radical (unpaired) electrons. The second-order valence-electron chi connectivity index (χ2n) is 7.97. The number of aromatic nitrogens is 2. The van der Waals surface area contributed by atoms with Crippen molar-refractivity contribution in [3.63, 3.8) is 0 Å². The highest BCUT2D eigenvalue weighted by Gasteiger charge is 2.23. The van der Waals surface area contributed by atoms with Crippen molar-refractivity contribution in [2.24, 2.45) is 15.7 Å². The van der Waals surface area contributed by atoms with E-state index in [0.717, 1.165) is 44.4 Å². The van der Waals surface area contributed by atoms with Crippen molar-refractivity contribution in [1.82, 2.24) is 9.97 Å². The SMILES string of the molecule is CC(C)N=C(N=CN)c1nc2c(s1)CCOc1ccc(-c3ccnc(OC(C)C)c3)cc1-2. The minimum absolute atomic E-state index is 0.0621. The van der Waals surface area contributed by atoms with E-state index < -0.39 is 0 Å². The van der Waals surface area contributed by atoms with Gasteiger partial charge >= 0.3 is 0 Å². The number of thiazole rings is 1. The molecule has 0 atom stereocenters. The standard InChI is InChI=1S/C24H27N5O2S/c1-14(2)28-23(27-13-25)24-29-22-18-11-16(5-6-19(18)30-10-8-20(22)32-24)17-7-9-26-21(12-17)31-15(3)4/h5-7,9,11-15H,8,10H2,1-4H3,(H2,25,27,28). The van der Waals surface area contributed by atoms with Crippen molar-refractivity contribution >= 4 is 23.5 Å². The largest absolute Gasteiger partial charge is 0.493 e. The molecular weight excluding hydrogens is 422 g/mol. The Balaban J connectivity index is 1.78. The van der Waals surface area contributed by atoms with Crippen molar-refractivity contribution in [2.75, 3.05) is 6.61 Å². The van der Waals surface area contributed by atoms with Crippen molar-refractivity contribution in [1.29, 1.82) is 0 Å². The predicted octanol–water partition coefficient (Wildman–Crippen LogP) is 4.74. The number of ether oxygens (including phenoxy) is 2. The minimum atomic E-state index is 0.0621. The van der Waals surface area contributed by atoms with Crippen LogP contribution in [0.25, 0.3) is 22.4 Å². The summed E-state index contributed by atoms with van der Waals surface area (Å²) in [4.78, 5) is 19.2. The maximum absolute atomic E-state index is 6.02. The number of fused-ring (bicyclic) bond motifs is 3. The van der Waals surface area contributed by atoms with Crippen molar-refractivity contribution in [3.8, 4) is 34.0 Å². The van der Waals surface area contributed by atoms with Gasteiger partial charge in [0.05, 0.1) is 24.7 Å². The van der Waals surface area contributed by atoms with Crippen molar-refractivity contribution in [2.45, 2.75) is 46.3 Å². The van der Waals surface area contributed by atoms with Crippen LogP contribution in [0.2, 0.25) is 0 Å². The summed E-state index contributed by atoms with van der Waals surface area (Å²) >= 11 is 1.59. The average molecular weight is 450 g/mol. The molecule has 2 N–H and O–H groups in total. The molecule has 0 amide bonds. The van der Waals surface area contributed by atoms with E-state index in [-0.39, 0.29) is 12.1 Å². The van der Waals surface area contributed by atoms with E-state index in [1.807, 2.05) is 45.9 Å². The Labute approximate surface area is 192 Å². The second-order valence-corrected chi connectivity index (χ2v) is 9.06. The molecule has 0 unspecified atom stereocenters. The number of hydrogen-bond acceptors (Lipinski definition) is 6. The van der Waals surface area contributed by atoms with Gasteiger partial charge in [-0.1, -0.05) is 6.07 Å². The van der Waals surface area contributed by atoms with Crippen LogP contribution in [-0.2, 0) is 6.42 Å². The lowest BCUT2D eigenvalue weighted by Crippen LogP contribution is -2.06. The summed E-state index contributed by atoms with van der Waals surface area (Å²) in [5.41, 5.74) is 9.50. The molecule has 0 spiro atoms. The number of hydrogen-bond donors (Lipinski definition) is 1. The number of pyridine rings is 1. The molecule has 3 aromatic rings. The lowest BCUT2D eigenvalue weighted by atomic mass is 10.0. The fourth-order valence-corrected chi connectivity index (χ4v) is 4.46. The molecule has 0 fully saturated rings. The van der Waals surface area contributed by atoms with E-state index >= 15 is 0 Å². The van der Waals surface area contributed by atoms with E-state index in [1.165, 1.54) is 6.34 Å². The van der Waals surface area contributed by atoms with Gasteiger partial charge in [-0.25, -0.2) is 15.0 Å². The molecule has 32 heavy (non-hydrogen) atoms. The average Bonchev–Trinajstić information content (AvgIpc) is 3.09. The van der Waals surface area contributed by atoms with E-state index in [9.17, 15) is 0 Å². The fraction of sp³-hybridized carbons (Fsp3) is 0.333. The Bertz CT molecular complexity index is 1170. The Morgan fingerprint density at radius 2 is 2.00 bits per heavy atom. The number of nitrogens with two attached hydrogens (primary N) is 1. The first-order valence-electron chi connectivity index (χ1n) is 10.7. The number of benzene rings is 1. The summed E-state index contributed by atoms with van der Waals surface area (Å²) in [6.07, 6.45) is 3.87. The number of amidine groups is 1. The monoisotopic (exact) mass is 449 g/mol. The third-order valence-corrected chi connectivity index (χ3v) is 5.82. The van der Waals surface area contributed by atoms with Gasteiger partial charge in [-0.15, -0.1) is 11.3 Å². The molecule has 1 aliphatic heterocycles. The van der Waals surface area contributed by atoms with Crippen LogP contribution < -0.4 is 15.2 Å². The highest BCUT2D eigenvalue weighted by atomic mass is 32.1. The Hall–Kier alpha value is -3.26. The lowest BCUT2D eigenvalue weighted by Gasteiger charge is -2.12. The Morgan fingerprint density at radius 1 is 1.19 bits per heavy atom. The zero-order valence-corrected chi connectivity index (χ0v) is 19.5. The topological polar surface area (TPSA) is 95.0 Å². The maximum Gasteiger partial charge on any atom is 0.214 e. The van der Waals surface area contributed by atoms with Crippen LogP contribution in [0.3, 0.4) is 0 Å². The van der Waals surface area contributed by atoms with E-state index in [0.29, 0.717) is 18.3 Å². The quantitative estimate of drug-likeness (QED) is 0.449. The molecule has 8 heteroatoms. The molecule has 4 rings (SSSR count). The third kappa shape index (κ3) is 4.80. The molecule has 7 nitrogen and oxygen atoms in total. The summed E-state index contributed by atoms with van der Waals surface area (Å²) in [7, 11) is 0. The first-order valence-corrected chi connectivity index (χ1v) is 11.5. The molecule has 0 bridgehead atoms. The van der Waals surface area contributed by atoms with Gasteiger partial charge in [-0.05, 0) is 57.0 Å². The predicted molar refractivity (Wildman–Crippen MR) is 130 cm³/mol. The number of nitrogens with zero attached hydrogens (tertiary/aromatic N) is 4. The summed E-state index contributed by atoms with van der Waals surface area (Å²) in [5.74, 6) is 1.99. The fourth-order valence-electron chi connectivity index (χ4n) is 3.46. The smallest absolute Gasteiger partial charge is 0.214 e. The molecule has 166 valence electrons. The zero-order valence-electron chi connectivity index (χ0n) is 18.7. The molecule has 0 aliphatic carbocycles. The molecule has 1 aliphatic rings. The van der Waals surface area contributed by atoms with Crippen molar-refractivity contribution in [3.05, 3.63) is 46.4 Å². The number of aliphatic imine (C=N–C) groups is 2. The third-order valence-electron chi connectivity index (χ3n) is 4.71. The van der Waals surface area contributed by atoms with Crippen molar-refractivity contribution < 1.29 is 9.47 Å². The van der Waals surface area contributed by atoms with E-state index in [2.05, 4.69) is 27.1 Å². The summed E-state index contributed by atoms with van der Waals surface area (Å²) in [6, 6.07) is 10.2. The normalized spacial score (nSPS) is 13.8. The summed E-state index contributed by atoms with van der Waals surface area (Å²) in [5, 5.41) is 0.764. The first-order chi connectivity index (χ1) is 15.4. The van der Waals surface area contributed by atoms with Gasteiger partial charge in [0, 0.05) is 35.2 Å². The summed E-state index contributed by atoms with van der Waals surface area (Å²) in [6.45, 7) is 8.58. The first kappa shape index (κ1) is 22.0. The highest BCUT2D eigenvalue weighted by molar-refractivity contribution is 7.14. The van der Waals surface area contributed by atoms with Gasteiger partial charge in [0.25, 0.3) is 0 Å². The lowest BCUT2D eigenvalue weighted by molar-refractivity contribution is 0.233. The van der Waals surface area contributed by atoms with Crippen LogP contribution in [0.5, 0.6) is 11.6 Å². The Kier molecular flexibility index (Phi) is 6.50. The van der Waals surface area contributed by atoms with Crippen LogP contribution in [-0.4, -0.2) is 40.9 Å². The van der Waals surface area contributed by atoms with E-state index in [1.54, 1.807) is 17.5 Å². The van der Waals surface area contributed by atoms with Gasteiger partial charge in [0.15, 0.2) is 10.8 Å². The van der Waals surface area contributed by atoms with Crippen LogP contribution in [0.4, 0.5) is 0 Å². The Morgan fingerprint density at radius 3 is 2.75 bits per heavy atom. The van der Waals surface area contributed by atoms with Crippen LogP contribution in [0.15, 0.2) is 46.5 Å². The molecule has 2 aromatic heterocycles. The van der Waals surface area contributed by atoms with Gasteiger partial charge in [-0.3, -0.25) is 4.99 Å². The van der Waals surface area contributed by atoms with Crippen LogP contribution >= 0.6 is 11.3 Å². The molecule has 0 saturated heterocycles. The van der Waals surface area contributed by atoms with Gasteiger partial charge < -0.3 is 15.2 Å². The van der Waals surface area contributed by atoms with Gasteiger partial charge in [0.2, 0.25) is 5.88 Å². The van der Waals surface area contributed by atoms with Crippen LogP contribution in [0.1, 0.15) is 37.6 Å². The molecule has 0 saturated carbocycles. The molecular formula is C24H27N5O2S. The van der Waals surface area contributed by atoms with Gasteiger partial charge in [0.1, 0.15) is 5.75 Å². The minimum Gasteiger partial charge on any atom is -0.493 e.